The van der Waals surface area contributed by atoms with E-state index < -0.39 is 0 Å². The SMILES string of the molecule is Cc1ccc(Cl)cc1-c1csc(CN2CCCCC2)n1. The van der Waals surface area contributed by atoms with Crippen LogP contribution in [0.5, 0.6) is 0 Å². The van der Waals surface area contributed by atoms with Gasteiger partial charge in [-0.3, -0.25) is 4.90 Å². The summed E-state index contributed by atoms with van der Waals surface area (Å²) in [7, 11) is 0. The number of hydrogen-bond donors (Lipinski definition) is 0. The molecule has 0 spiro atoms. The first-order valence-electron chi connectivity index (χ1n) is 7.15. The van der Waals surface area contributed by atoms with Crippen LogP contribution in [0.1, 0.15) is 29.8 Å². The average Bonchev–Trinajstić information content (AvgIpc) is 2.91. The van der Waals surface area contributed by atoms with Crippen LogP contribution in [0.15, 0.2) is 23.6 Å². The molecule has 20 heavy (non-hydrogen) atoms. The summed E-state index contributed by atoms with van der Waals surface area (Å²) in [6.45, 7) is 5.52. The highest BCUT2D eigenvalue weighted by Gasteiger charge is 2.13. The molecule has 1 fully saturated rings. The Morgan fingerprint density at radius 1 is 1.25 bits per heavy atom. The predicted molar refractivity (Wildman–Crippen MR) is 86.4 cm³/mol. The van der Waals surface area contributed by atoms with Gasteiger partial charge in [-0.25, -0.2) is 4.98 Å². The van der Waals surface area contributed by atoms with Crippen LogP contribution in [0.25, 0.3) is 11.3 Å². The van der Waals surface area contributed by atoms with Crippen molar-refractivity contribution in [3.63, 3.8) is 0 Å². The fourth-order valence-electron chi connectivity index (χ4n) is 2.69. The first kappa shape index (κ1) is 14.1. The monoisotopic (exact) mass is 306 g/mol. The average molecular weight is 307 g/mol. The van der Waals surface area contributed by atoms with Gasteiger partial charge in [-0.15, -0.1) is 11.3 Å². The Balaban J connectivity index is 1.77. The third-order valence-electron chi connectivity index (χ3n) is 3.83. The van der Waals surface area contributed by atoms with E-state index in [1.54, 1.807) is 11.3 Å². The lowest BCUT2D eigenvalue weighted by atomic mass is 10.1. The molecule has 1 saturated heterocycles. The zero-order chi connectivity index (χ0) is 13.9. The standard InChI is InChI=1S/C16H19ClN2S/c1-12-5-6-13(17)9-14(12)15-11-20-16(18-15)10-19-7-3-2-4-8-19/h5-6,9,11H,2-4,7-8,10H2,1H3. The van der Waals surface area contributed by atoms with E-state index in [9.17, 15) is 0 Å². The van der Waals surface area contributed by atoms with Gasteiger partial charge in [0.05, 0.1) is 12.2 Å². The molecule has 2 nitrogen and oxygen atoms in total. The summed E-state index contributed by atoms with van der Waals surface area (Å²) in [5, 5.41) is 4.13. The van der Waals surface area contributed by atoms with Crippen LogP contribution in [-0.2, 0) is 6.54 Å². The van der Waals surface area contributed by atoms with E-state index in [0.717, 1.165) is 22.8 Å². The molecule has 1 aliphatic heterocycles. The van der Waals surface area contributed by atoms with Crippen molar-refractivity contribution >= 4 is 22.9 Å². The van der Waals surface area contributed by atoms with Crippen molar-refractivity contribution in [3.8, 4) is 11.3 Å². The lowest BCUT2D eigenvalue weighted by molar-refractivity contribution is 0.220. The topological polar surface area (TPSA) is 16.1 Å². The van der Waals surface area contributed by atoms with Crippen LogP contribution in [0.3, 0.4) is 0 Å². The number of benzene rings is 1. The van der Waals surface area contributed by atoms with Gasteiger partial charge >= 0.3 is 0 Å². The van der Waals surface area contributed by atoms with Crippen LogP contribution in [0.2, 0.25) is 5.02 Å². The zero-order valence-corrected chi connectivity index (χ0v) is 13.3. The summed E-state index contributed by atoms with van der Waals surface area (Å²) >= 11 is 7.85. The second-order valence-electron chi connectivity index (χ2n) is 5.42. The van der Waals surface area contributed by atoms with Crippen LogP contribution >= 0.6 is 22.9 Å². The molecular weight excluding hydrogens is 288 g/mol. The van der Waals surface area contributed by atoms with Gasteiger partial charge in [-0.05, 0) is 50.6 Å². The van der Waals surface area contributed by atoms with Crippen LogP contribution in [0, 0.1) is 6.92 Å². The molecule has 0 saturated carbocycles. The molecule has 0 amide bonds. The number of hydrogen-bond acceptors (Lipinski definition) is 3. The maximum atomic E-state index is 6.10. The Labute approximate surface area is 129 Å². The van der Waals surface area contributed by atoms with E-state index in [-0.39, 0.29) is 0 Å². The Kier molecular flexibility index (Phi) is 4.39. The van der Waals surface area contributed by atoms with Gasteiger partial charge in [0, 0.05) is 16.0 Å². The predicted octanol–water partition coefficient (Wildman–Crippen LogP) is 4.76. The zero-order valence-electron chi connectivity index (χ0n) is 11.7. The van der Waals surface area contributed by atoms with E-state index in [4.69, 9.17) is 16.6 Å². The number of thiazole rings is 1. The molecule has 3 rings (SSSR count). The number of aromatic nitrogens is 1. The van der Waals surface area contributed by atoms with Gasteiger partial charge in [-0.1, -0.05) is 24.1 Å². The number of aryl methyl sites for hydroxylation is 1. The molecule has 106 valence electrons. The molecule has 1 aromatic heterocycles. The first-order valence-corrected chi connectivity index (χ1v) is 8.41. The molecule has 0 bridgehead atoms. The molecule has 2 aromatic rings. The van der Waals surface area contributed by atoms with E-state index in [1.807, 2.05) is 12.1 Å². The van der Waals surface area contributed by atoms with Gasteiger partial charge in [0.2, 0.25) is 0 Å². The largest absolute Gasteiger partial charge is 0.297 e. The van der Waals surface area contributed by atoms with Gasteiger partial charge < -0.3 is 0 Å². The summed E-state index contributed by atoms with van der Waals surface area (Å²) in [5.74, 6) is 0. The number of rotatable bonds is 3. The quantitative estimate of drug-likeness (QED) is 0.813. The van der Waals surface area contributed by atoms with Gasteiger partial charge in [0.15, 0.2) is 0 Å². The summed E-state index contributed by atoms with van der Waals surface area (Å²) in [6, 6.07) is 6.00. The summed E-state index contributed by atoms with van der Waals surface area (Å²) < 4.78 is 0. The fourth-order valence-corrected chi connectivity index (χ4v) is 3.69. The Bertz CT molecular complexity index is 588. The van der Waals surface area contributed by atoms with Crippen LogP contribution in [0.4, 0.5) is 0 Å². The van der Waals surface area contributed by atoms with Crippen molar-refractivity contribution in [3.05, 3.63) is 39.2 Å². The molecular formula is C16H19ClN2S. The van der Waals surface area contributed by atoms with Crippen LogP contribution < -0.4 is 0 Å². The third-order valence-corrected chi connectivity index (χ3v) is 4.90. The lowest BCUT2D eigenvalue weighted by Crippen LogP contribution is -2.28. The molecule has 0 aliphatic carbocycles. The van der Waals surface area contributed by atoms with E-state index in [1.165, 1.54) is 42.9 Å². The number of likely N-dealkylation sites (tertiary alicyclic amines) is 1. The van der Waals surface area contributed by atoms with Crippen molar-refractivity contribution in [2.75, 3.05) is 13.1 Å². The molecule has 0 unspecified atom stereocenters. The number of nitrogens with zero attached hydrogens (tertiary/aromatic N) is 2. The van der Waals surface area contributed by atoms with Gasteiger partial charge in [-0.2, -0.15) is 0 Å². The number of piperidine rings is 1. The molecule has 0 radical (unpaired) electrons. The van der Waals surface area contributed by atoms with Crippen LogP contribution in [-0.4, -0.2) is 23.0 Å². The second kappa shape index (κ2) is 6.25. The first-order chi connectivity index (χ1) is 9.72. The van der Waals surface area contributed by atoms with Gasteiger partial charge in [0.25, 0.3) is 0 Å². The fraction of sp³-hybridized carbons (Fsp3) is 0.438. The van der Waals surface area contributed by atoms with Crippen molar-refractivity contribution in [2.24, 2.45) is 0 Å². The Hall–Kier alpha value is -0.900. The highest BCUT2D eigenvalue weighted by Crippen LogP contribution is 2.28. The third kappa shape index (κ3) is 3.22. The second-order valence-corrected chi connectivity index (χ2v) is 6.80. The minimum atomic E-state index is 0.774. The minimum Gasteiger partial charge on any atom is -0.297 e. The maximum absolute atomic E-state index is 6.10. The highest BCUT2D eigenvalue weighted by atomic mass is 35.5. The molecule has 0 N–H and O–H groups in total. The normalized spacial score (nSPS) is 16.5. The molecule has 1 aliphatic rings. The lowest BCUT2D eigenvalue weighted by Gasteiger charge is -2.25. The molecule has 1 aromatic carbocycles. The molecule has 4 heteroatoms. The molecule has 0 atom stereocenters. The minimum absolute atomic E-state index is 0.774. The van der Waals surface area contributed by atoms with Crippen molar-refractivity contribution in [1.29, 1.82) is 0 Å². The molecule has 2 heterocycles. The number of halogens is 1. The van der Waals surface area contributed by atoms with Crippen molar-refractivity contribution in [2.45, 2.75) is 32.7 Å². The van der Waals surface area contributed by atoms with Crippen molar-refractivity contribution in [1.82, 2.24) is 9.88 Å². The highest BCUT2D eigenvalue weighted by molar-refractivity contribution is 7.09. The van der Waals surface area contributed by atoms with Gasteiger partial charge in [0.1, 0.15) is 5.01 Å². The Morgan fingerprint density at radius 3 is 2.85 bits per heavy atom. The summed E-state index contributed by atoms with van der Waals surface area (Å²) in [5.41, 5.74) is 3.44. The van der Waals surface area contributed by atoms with E-state index >= 15 is 0 Å². The summed E-state index contributed by atoms with van der Waals surface area (Å²) in [4.78, 5) is 7.31. The maximum Gasteiger partial charge on any atom is 0.107 e. The van der Waals surface area contributed by atoms with E-state index in [2.05, 4.69) is 23.3 Å². The summed E-state index contributed by atoms with van der Waals surface area (Å²) in [6.07, 6.45) is 4.03. The smallest absolute Gasteiger partial charge is 0.107 e. The van der Waals surface area contributed by atoms with E-state index in [0.29, 0.717) is 0 Å². The Morgan fingerprint density at radius 2 is 2.05 bits per heavy atom. The van der Waals surface area contributed by atoms with Crippen molar-refractivity contribution < 1.29 is 0 Å².